The summed E-state index contributed by atoms with van der Waals surface area (Å²) in [7, 11) is 2.72. The molecule has 1 aromatic rings. The number of alkyl halides is 2. The lowest BCUT2D eigenvalue weighted by atomic mass is 10.1. The molecule has 1 fully saturated rings. The summed E-state index contributed by atoms with van der Waals surface area (Å²) in [4.78, 5) is 22.3. The number of rotatable bonds is 5. The van der Waals surface area contributed by atoms with Gasteiger partial charge in [0, 0.05) is 24.7 Å². The van der Waals surface area contributed by atoms with Gasteiger partial charge in [-0.25, -0.2) is 13.6 Å². The Morgan fingerprint density at radius 1 is 1.43 bits per heavy atom. The third kappa shape index (κ3) is 3.13. The number of nitrogens with one attached hydrogen (secondary N) is 2. The van der Waals surface area contributed by atoms with Gasteiger partial charge in [-0.3, -0.25) is 4.79 Å². The number of amides is 2. The molecule has 2 rings (SSSR count). The Labute approximate surface area is 131 Å². The minimum atomic E-state index is -2.85. The SMILES string of the molecule is CNC(=O)N/C=C(\C=O)c1cc(C2[C@@H](C)C2(F)F)c(OC)nn1. The van der Waals surface area contributed by atoms with Crippen LogP contribution in [0.2, 0.25) is 0 Å². The maximum atomic E-state index is 13.7. The van der Waals surface area contributed by atoms with Gasteiger partial charge in [0.15, 0.2) is 6.29 Å². The summed E-state index contributed by atoms with van der Waals surface area (Å²) in [6.07, 6.45) is 1.57. The van der Waals surface area contributed by atoms with Gasteiger partial charge in [0.05, 0.1) is 24.3 Å². The normalized spacial score (nSPS) is 22.2. The molecule has 7 nitrogen and oxygen atoms in total. The summed E-state index contributed by atoms with van der Waals surface area (Å²) in [6, 6.07) is 0.799. The quantitative estimate of drug-likeness (QED) is 0.629. The third-order valence-electron chi connectivity index (χ3n) is 3.74. The van der Waals surface area contributed by atoms with Crippen LogP contribution in [0.5, 0.6) is 5.88 Å². The highest BCUT2D eigenvalue weighted by molar-refractivity contribution is 6.06. The van der Waals surface area contributed by atoms with E-state index >= 15 is 0 Å². The number of ether oxygens (including phenoxy) is 1. The first-order valence-electron chi connectivity index (χ1n) is 6.80. The van der Waals surface area contributed by atoms with Crippen molar-refractivity contribution in [2.45, 2.75) is 18.8 Å². The molecular formula is C14H16F2N4O3. The zero-order valence-electron chi connectivity index (χ0n) is 12.8. The van der Waals surface area contributed by atoms with Crippen LogP contribution in [0.1, 0.15) is 24.1 Å². The second-order valence-electron chi connectivity index (χ2n) is 5.08. The largest absolute Gasteiger partial charge is 0.480 e. The number of methoxy groups -OCH3 is 1. The van der Waals surface area contributed by atoms with Gasteiger partial charge in [0.2, 0.25) is 5.88 Å². The van der Waals surface area contributed by atoms with Crippen molar-refractivity contribution in [2.75, 3.05) is 14.2 Å². The highest BCUT2D eigenvalue weighted by Crippen LogP contribution is 2.62. The van der Waals surface area contributed by atoms with Crippen LogP contribution in [-0.4, -0.2) is 42.6 Å². The van der Waals surface area contributed by atoms with E-state index in [9.17, 15) is 18.4 Å². The highest BCUT2D eigenvalue weighted by atomic mass is 19.3. The van der Waals surface area contributed by atoms with E-state index in [-0.39, 0.29) is 22.7 Å². The molecule has 1 aliphatic carbocycles. The predicted octanol–water partition coefficient (Wildman–Crippen LogP) is 1.32. The Kier molecular flexibility index (Phi) is 4.57. The third-order valence-corrected chi connectivity index (χ3v) is 3.74. The van der Waals surface area contributed by atoms with Crippen molar-refractivity contribution in [3.05, 3.63) is 23.5 Å². The predicted molar refractivity (Wildman–Crippen MR) is 77.1 cm³/mol. The molecule has 0 saturated heterocycles. The molecule has 2 N–H and O–H groups in total. The summed E-state index contributed by atoms with van der Waals surface area (Å²) >= 11 is 0. The molecule has 0 aliphatic heterocycles. The molecule has 1 aromatic heterocycles. The van der Waals surface area contributed by atoms with Crippen LogP contribution >= 0.6 is 0 Å². The Bertz CT molecular complexity index is 663. The second kappa shape index (κ2) is 6.27. The van der Waals surface area contributed by atoms with Crippen molar-refractivity contribution in [1.82, 2.24) is 20.8 Å². The fourth-order valence-corrected chi connectivity index (χ4v) is 2.26. The average Bonchev–Trinajstić information content (AvgIpc) is 3.05. The van der Waals surface area contributed by atoms with Crippen LogP contribution in [0.25, 0.3) is 5.57 Å². The van der Waals surface area contributed by atoms with Crippen LogP contribution in [0, 0.1) is 5.92 Å². The van der Waals surface area contributed by atoms with Crippen LogP contribution in [0.4, 0.5) is 13.6 Å². The van der Waals surface area contributed by atoms with Crippen molar-refractivity contribution in [2.24, 2.45) is 5.92 Å². The zero-order valence-corrected chi connectivity index (χ0v) is 12.8. The lowest BCUT2D eigenvalue weighted by Crippen LogP contribution is -2.28. The number of urea groups is 1. The van der Waals surface area contributed by atoms with Crippen LogP contribution < -0.4 is 15.4 Å². The Morgan fingerprint density at radius 2 is 2.09 bits per heavy atom. The zero-order chi connectivity index (χ0) is 17.2. The number of hydrogen-bond acceptors (Lipinski definition) is 5. The van der Waals surface area contributed by atoms with Crippen molar-refractivity contribution < 1.29 is 23.1 Å². The second-order valence-corrected chi connectivity index (χ2v) is 5.08. The number of allylic oxidation sites excluding steroid dienone is 1. The van der Waals surface area contributed by atoms with Gasteiger partial charge in [-0.2, -0.15) is 0 Å². The molecule has 124 valence electrons. The van der Waals surface area contributed by atoms with Gasteiger partial charge in [0.25, 0.3) is 5.92 Å². The minimum absolute atomic E-state index is 0.00150. The Balaban J connectivity index is 2.37. The van der Waals surface area contributed by atoms with Gasteiger partial charge in [0.1, 0.15) is 0 Å². The first kappa shape index (κ1) is 16.8. The highest BCUT2D eigenvalue weighted by Gasteiger charge is 2.67. The monoisotopic (exact) mass is 326 g/mol. The molecule has 2 amide bonds. The summed E-state index contributed by atoms with van der Waals surface area (Å²) in [5.41, 5.74) is 0.256. The topological polar surface area (TPSA) is 93.2 Å². The molecule has 0 radical (unpaired) electrons. The first-order chi connectivity index (χ1) is 10.9. The molecule has 2 atom stereocenters. The van der Waals surface area contributed by atoms with E-state index in [0.717, 1.165) is 6.20 Å². The molecule has 0 spiro atoms. The molecule has 0 aromatic carbocycles. The van der Waals surface area contributed by atoms with E-state index < -0.39 is 23.8 Å². The molecule has 1 saturated carbocycles. The maximum absolute atomic E-state index is 13.7. The van der Waals surface area contributed by atoms with Gasteiger partial charge in [-0.1, -0.05) is 6.92 Å². The molecule has 1 aliphatic rings. The summed E-state index contributed by atoms with van der Waals surface area (Å²) in [6.45, 7) is 1.42. The number of carbonyl (C=O) groups is 2. The van der Waals surface area contributed by atoms with Crippen molar-refractivity contribution >= 4 is 17.9 Å². The molecule has 1 heterocycles. The molecule has 9 heteroatoms. The lowest BCUT2D eigenvalue weighted by molar-refractivity contribution is -0.103. The minimum Gasteiger partial charge on any atom is -0.480 e. The van der Waals surface area contributed by atoms with Crippen molar-refractivity contribution in [1.29, 1.82) is 0 Å². The standard InChI is InChI=1S/C14H16F2N4O3/c1-7-11(14(7,15)16)9-4-10(19-20-12(9)23-3)8(6-21)5-18-13(22)17-2/h4-7,11H,1-3H3,(H2,17,18,22)/b8-5+/t7-,11?/m1/s1. The van der Waals surface area contributed by atoms with Crippen molar-refractivity contribution in [3.63, 3.8) is 0 Å². The molecule has 1 unspecified atom stereocenters. The number of halogens is 2. The number of aldehydes is 1. The fourth-order valence-electron chi connectivity index (χ4n) is 2.26. The number of aromatic nitrogens is 2. The Hall–Kier alpha value is -2.58. The van der Waals surface area contributed by atoms with Crippen LogP contribution in [0.15, 0.2) is 12.3 Å². The Morgan fingerprint density at radius 3 is 2.57 bits per heavy atom. The first-order valence-corrected chi connectivity index (χ1v) is 6.80. The van der Waals surface area contributed by atoms with E-state index in [1.54, 1.807) is 0 Å². The summed E-state index contributed by atoms with van der Waals surface area (Å²) < 4.78 is 32.3. The fraction of sp³-hybridized carbons (Fsp3) is 0.429. The summed E-state index contributed by atoms with van der Waals surface area (Å²) in [5.74, 6) is -4.74. The van der Waals surface area contributed by atoms with E-state index in [4.69, 9.17) is 4.74 Å². The van der Waals surface area contributed by atoms with E-state index in [2.05, 4.69) is 20.8 Å². The van der Waals surface area contributed by atoms with E-state index in [0.29, 0.717) is 6.29 Å². The van der Waals surface area contributed by atoms with E-state index in [1.807, 2.05) is 0 Å². The molecule has 0 bridgehead atoms. The lowest BCUT2D eigenvalue weighted by Gasteiger charge is -2.08. The van der Waals surface area contributed by atoms with Crippen LogP contribution in [-0.2, 0) is 4.79 Å². The van der Waals surface area contributed by atoms with Crippen molar-refractivity contribution in [3.8, 4) is 5.88 Å². The summed E-state index contributed by atoms with van der Waals surface area (Å²) in [5, 5.41) is 12.1. The van der Waals surface area contributed by atoms with E-state index in [1.165, 1.54) is 27.1 Å². The number of carbonyl (C=O) groups excluding carboxylic acids is 2. The smallest absolute Gasteiger partial charge is 0.318 e. The molecule has 23 heavy (non-hydrogen) atoms. The van der Waals surface area contributed by atoms with Gasteiger partial charge < -0.3 is 15.4 Å². The van der Waals surface area contributed by atoms with Gasteiger partial charge >= 0.3 is 6.03 Å². The van der Waals surface area contributed by atoms with Crippen LogP contribution in [0.3, 0.4) is 0 Å². The maximum Gasteiger partial charge on any atom is 0.318 e. The van der Waals surface area contributed by atoms with Gasteiger partial charge in [-0.15, -0.1) is 10.2 Å². The average molecular weight is 326 g/mol. The molecular weight excluding hydrogens is 310 g/mol. The van der Waals surface area contributed by atoms with Gasteiger partial charge in [-0.05, 0) is 6.07 Å². The number of nitrogens with zero attached hydrogens (tertiary/aromatic N) is 2. The number of hydrogen-bond donors (Lipinski definition) is 2.